The summed E-state index contributed by atoms with van der Waals surface area (Å²) in [5.74, 6) is 2.54. The van der Waals surface area contributed by atoms with Gasteiger partial charge in [0.1, 0.15) is 4.75 Å². The molecule has 7 rings (SSSR count). The van der Waals surface area contributed by atoms with Crippen LogP contribution in [0, 0.1) is 34.5 Å². The number of hydrogen-bond donors (Lipinski definition) is 1. The van der Waals surface area contributed by atoms with Crippen molar-refractivity contribution in [3.63, 3.8) is 0 Å². The molecule has 218 valence electrons. The number of hydrogen-bond acceptors (Lipinski definition) is 5. The third-order valence-corrected chi connectivity index (χ3v) is 15.1. The molecule has 6 aliphatic rings. The van der Waals surface area contributed by atoms with Crippen molar-refractivity contribution in [3.8, 4) is 11.5 Å². The van der Waals surface area contributed by atoms with E-state index >= 15 is 9.00 Å². The summed E-state index contributed by atoms with van der Waals surface area (Å²) in [6, 6.07) is 4.24. The van der Waals surface area contributed by atoms with Crippen molar-refractivity contribution in [3.05, 3.63) is 35.4 Å². The Morgan fingerprint density at radius 3 is 2.52 bits per heavy atom. The maximum Gasteiger partial charge on any atom is 0.243 e. The molecule has 9 atom stereocenters. The smallest absolute Gasteiger partial charge is 0.243 e. The average Bonchev–Trinajstić information content (AvgIpc) is 3.70. The third kappa shape index (κ3) is 2.94. The molecule has 0 spiro atoms. The highest BCUT2D eigenvalue weighted by Crippen LogP contribution is 2.71. The number of nitrogens with zero attached hydrogens (tertiary/aromatic N) is 1. The molecule has 4 fully saturated rings. The Morgan fingerprint density at radius 2 is 1.88 bits per heavy atom. The first-order valence-electron chi connectivity index (χ1n) is 15.5. The SMILES string of the molecule is CCCC[C@@]12c3cc(OC)c(OC)cc3CCN1C(=O)[C@]1([S@](=O)C[C@]34CC[C@H](C[C@H]3O)C4(C)C)[C@H]2[C@@H]2C=C[C@H]1C2. The predicted molar refractivity (Wildman–Crippen MR) is 156 cm³/mol. The summed E-state index contributed by atoms with van der Waals surface area (Å²) in [5.41, 5.74) is 1.41. The number of unbranched alkanes of at least 4 members (excludes halogenated alkanes) is 1. The van der Waals surface area contributed by atoms with Crippen LogP contribution in [0.2, 0.25) is 0 Å². The molecule has 0 radical (unpaired) electrons. The molecule has 2 heterocycles. The van der Waals surface area contributed by atoms with Gasteiger partial charge in [-0.15, -0.1) is 0 Å². The molecular formula is C33H45NO5S. The number of aliphatic hydroxyl groups excluding tert-OH is 1. The molecule has 3 saturated carbocycles. The van der Waals surface area contributed by atoms with Crippen molar-refractivity contribution < 1.29 is 23.6 Å². The summed E-state index contributed by atoms with van der Waals surface area (Å²) in [5, 5.41) is 11.4. The molecule has 4 bridgehead atoms. The second kappa shape index (κ2) is 8.82. The third-order valence-electron chi connectivity index (χ3n) is 12.9. The number of ether oxygens (including phenoxy) is 2. The number of carbonyl (C=O) groups is 1. The zero-order valence-electron chi connectivity index (χ0n) is 24.7. The predicted octanol–water partition coefficient (Wildman–Crippen LogP) is 4.98. The number of rotatable bonds is 8. The number of methoxy groups -OCH3 is 2. The average molecular weight is 568 g/mol. The van der Waals surface area contributed by atoms with Gasteiger partial charge in [-0.1, -0.05) is 45.8 Å². The quantitative estimate of drug-likeness (QED) is 0.448. The molecule has 6 nitrogen and oxygen atoms in total. The Labute approximate surface area is 241 Å². The van der Waals surface area contributed by atoms with Crippen LogP contribution in [-0.2, 0) is 27.6 Å². The Kier molecular flexibility index (Phi) is 5.96. The number of carbonyl (C=O) groups excluding carboxylic acids is 1. The summed E-state index contributed by atoms with van der Waals surface area (Å²) in [6.45, 7) is 7.39. The fourth-order valence-corrected chi connectivity index (χ4v) is 13.7. The number of aliphatic hydroxyl groups is 1. The van der Waals surface area contributed by atoms with Gasteiger partial charge in [-0.25, -0.2) is 0 Å². The van der Waals surface area contributed by atoms with Gasteiger partial charge in [-0.3, -0.25) is 9.00 Å². The topological polar surface area (TPSA) is 76.1 Å². The minimum atomic E-state index is -1.42. The van der Waals surface area contributed by atoms with Gasteiger partial charge in [0, 0.05) is 40.3 Å². The van der Waals surface area contributed by atoms with Gasteiger partial charge in [0.25, 0.3) is 0 Å². The van der Waals surface area contributed by atoms with Crippen LogP contribution in [0.25, 0.3) is 0 Å². The fourth-order valence-electron chi connectivity index (χ4n) is 10.8. The normalized spacial score (nSPS) is 42.2. The number of benzene rings is 1. The van der Waals surface area contributed by atoms with Gasteiger partial charge < -0.3 is 19.5 Å². The molecule has 0 unspecified atom stereocenters. The van der Waals surface area contributed by atoms with Gasteiger partial charge in [-0.2, -0.15) is 0 Å². The van der Waals surface area contributed by atoms with E-state index in [1.165, 1.54) is 11.1 Å². The van der Waals surface area contributed by atoms with Crippen LogP contribution in [0.5, 0.6) is 11.5 Å². The second-order valence-corrected chi connectivity index (χ2v) is 15.8. The first kappa shape index (κ1) is 27.0. The maximum absolute atomic E-state index is 15.2. The van der Waals surface area contributed by atoms with Crippen LogP contribution < -0.4 is 9.47 Å². The Balaban J connectivity index is 1.41. The van der Waals surface area contributed by atoms with Crippen molar-refractivity contribution in [1.82, 2.24) is 4.90 Å². The van der Waals surface area contributed by atoms with Crippen molar-refractivity contribution in [1.29, 1.82) is 0 Å². The summed E-state index contributed by atoms with van der Waals surface area (Å²) in [4.78, 5) is 17.2. The molecule has 1 aromatic carbocycles. The van der Waals surface area contributed by atoms with E-state index in [2.05, 4.69) is 50.0 Å². The van der Waals surface area contributed by atoms with Crippen molar-refractivity contribution in [2.24, 2.45) is 34.5 Å². The first-order chi connectivity index (χ1) is 19.1. The van der Waals surface area contributed by atoms with E-state index in [-0.39, 0.29) is 34.5 Å². The number of fused-ring (bicyclic) bond motifs is 11. The standard InChI is InChI=1S/C33H45NO5S/c1-6-7-12-32-24-18-26(39-5)25(38-4)16-20(24)11-14-34(32)29(36)33(23-9-8-21(15-23)28(32)33)40(37)19-31-13-10-22(17-27(31)35)30(31,2)3/h8-9,16,18,21-23,27-28,35H,6-7,10-15,17,19H2,1-5H3/t21-,22-,23+,27-,28+,31-,32+,33-,40-/m1/s1. The fraction of sp³-hybridized carbons (Fsp3) is 0.727. The van der Waals surface area contributed by atoms with Gasteiger partial charge in [-0.05, 0) is 79.0 Å². The molecule has 7 heteroatoms. The molecule has 0 aromatic heterocycles. The molecule has 1 N–H and O–H groups in total. The number of amides is 1. The lowest BCUT2D eigenvalue weighted by molar-refractivity contribution is -0.134. The summed E-state index contributed by atoms with van der Waals surface area (Å²) in [7, 11) is 1.93. The first-order valence-corrected chi connectivity index (χ1v) is 16.8. The highest BCUT2D eigenvalue weighted by molar-refractivity contribution is 7.87. The van der Waals surface area contributed by atoms with E-state index < -0.39 is 27.2 Å². The van der Waals surface area contributed by atoms with Gasteiger partial charge in [0.2, 0.25) is 5.91 Å². The monoisotopic (exact) mass is 567 g/mol. The van der Waals surface area contributed by atoms with E-state index in [1.807, 2.05) is 0 Å². The van der Waals surface area contributed by atoms with Crippen LogP contribution >= 0.6 is 0 Å². The Bertz CT molecular complexity index is 1310. The van der Waals surface area contributed by atoms with E-state index in [1.54, 1.807) is 14.2 Å². The Hall–Kier alpha value is -1.86. The molecule has 1 aromatic rings. The van der Waals surface area contributed by atoms with Crippen molar-refractivity contribution >= 4 is 16.7 Å². The van der Waals surface area contributed by atoms with Crippen LogP contribution in [-0.4, -0.2) is 57.5 Å². The zero-order chi connectivity index (χ0) is 28.2. The van der Waals surface area contributed by atoms with E-state index in [4.69, 9.17) is 9.47 Å². The van der Waals surface area contributed by atoms with Gasteiger partial charge in [0.05, 0.1) is 25.9 Å². The largest absolute Gasteiger partial charge is 0.493 e. The molecule has 1 saturated heterocycles. The minimum Gasteiger partial charge on any atom is -0.493 e. The van der Waals surface area contributed by atoms with Crippen LogP contribution in [0.3, 0.4) is 0 Å². The minimum absolute atomic E-state index is 0.0150. The lowest BCUT2D eigenvalue weighted by Gasteiger charge is -2.49. The summed E-state index contributed by atoms with van der Waals surface area (Å²) in [6.07, 6.45) is 11.4. The van der Waals surface area contributed by atoms with Crippen molar-refractivity contribution in [2.45, 2.75) is 88.5 Å². The Morgan fingerprint density at radius 1 is 1.12 bits per heavy atom. The molecule has 2 aliphatic heterocycles. The lowest BCUT2D eigenvalue weighted by atomic mass is 9.65. The molecule has 4 aliphatic carbocycles. The summed E-state index contributed by atoms with van der Waals surface area (Å²) < 4.78 is 25.7. The highest BCUT2D eigenvalue weighted by Gasteiger charge is 2.78. The van der Waals surface area contributed by atoms with Crippen molar-refractivity contribution in [2.75, 3.05) is 26.5 Å². The van der Waals surface area contributed by atoms with Gasteiger partial charge in [0.15, 0.2) is 11.5 Å². The van der Waals surface area contributed by atoms with E-state index in [9.17, 15) is 5.11 Å². The number of allylic oxidation sites excluding steroid dienone is 2. The lowest BCUT2D eigenvalue weighted by Crippen LogP contribution is -2.55. The maximum atomic E-state index is 15.2. The zero-order valence-corrected chi connectivity index (χ0v) is 25.5. The second-order valence-electron chi connectivity index (χ2n) is 14.1. The van der Waals surface area contributed by atoms with E-state index in [0.717, 1.165) is 57.1 Å². The van der Waals surface area contributed by atoms with Crippen LogP contribution in [0.15, 0.2) is 24.3 Å². The van der Waals surface area contributed by atoms with Gasteiger partial charge >= 0.3 is 0 Å². The summed E-state index contributed by atoms with van der Waals surface area (Å²) >= 11 is 0. The van der Waals surface area contributed by atoms with E-state index in [0.29, 0.717) is 24.0 Å². The highest BCUT2D eigenvalue weighted by atomic mass is 32.2. The molecule has 40 heavy (non-hydrogen) atoms. The van der Waals surface area contributed by atoms with Crippen LogP contribution in [0.4, 0.5) is 0 Å². The van der Waals surface area contributed by atoms with Crippen LogP contribution in [0.1, 0.15) is 76.8 Å². The molecular weight excluding hydrogens is 522 g/mol. The molecule has 1 amide bonds.